The standard InChI is InChI=1S/C17H14O5S/c1-3-10-13(23(20,21)22)8-9(2)14-15(10)17(19)12-7-5-4-6-11(12)16(14)18/h4-8H,3H2,1-2H3,(H,20,21,22). The van der Waals surface area contributed by atoms with Crippen LogP contribution in [0.4, 0.5) is 0 Å². The average molecular weight is 330 g/mol. The highest BCUT2D eigenvalue weighted by Gasteiger charge is 2.35. The number of hydrogen-bond acceptors (Lipinski definition) is 4. The molecular formula is C17H14O5S. The summed E-state index contributed by atoms with van der Waals surface area (Å²) in [7, 11) is -4.48. The van der Waals surface area contributed by atoms with Gasteiger partial charge in [-0.25, -0.2) is 0 Å². The van der Waals surface area contributed by atoms with Crippen LogP contribution in [0.25, 0.3) is 0 Å². The molecule has 0 saturated heterocycles. The zero-order valence-corrected chi connectivity index (χ0v) is 13.4. The van der Waals surface area contributed by atoms with E-state index in [0.29, 0.717) is 11.1 Å². The van der Waals surface area contributed by atoms with Crippen molar-refractivity contribution >= 4 is 21.7 Å². The van der Waals surface area contributed by atoms with E-state index in [-0.39, 0.29) is 45.1 Å². The van der Waals surface area contributed by atoms with Crippen molar-refractivity contribution in [2.75, 3.05) is 0 Å². The van der Waals surface area contributed by atoms with E-state index in [9.17, 15) is 22.6 Å². The predicted molar refractivity (Wildman–Crippen MR) is 83.7 cm³/mol. The summed E-state index contributed by atoms with van der Waals surface area (Å²) in [4.78, 5) is 25.3. The van der Waals surface area contributed by atoms with Crippen LogP contribution in [0.15, 0.2) is 35.2 Å². The van der Waals surface area contributed by atoms with E-state index in [1.165, 1.54) is 6.07 Å². The Bertz CT molecular complexity index is 971. The van der Waals surface area contributed by atoms with Gasteiger partial charge in [0.1, 0.15) is 0 Å². The highest BCUT2D eigenvalue weighted by molar-refractivity contribution is 7.85. The molecule has 5 nitrogen and oxygen atoms in total. The summed E-state index contributed by atoms with van der Waals surface area (Å²) in [5.41, 5.74) is 1.42. The molecule has 1 aliphatic rings. The zero-order chi connectivity index (χ0) is 16.9. The van der Waals surface area contributed by atoms with E-state index < -0.39 is 10.1 Å². The summed E-state index contributed by atoms with van der Waals surface area (Å²) < 4.78 is 32.7. The highest BCUT2D eigenvalue weighted by Crippen LogP contribution is 2.35. The topological polar surface area (TPSA) is 88.5 Å². The lowest BCUT2D eigenvalue weighted by Gasteiger charge is -2.23. The molecular weight excluding hydrogens is 316 g/mol. The number of hydrogen-bond donors (Lipinski definition) is 1. The third-order valence-corrected chi connectivity index (χ3v) is 5.01. The van der Waals surface area contributed by atoms with Gasteiger partial charge in [-0.2, -0.15) is 8.42 Å². The molecule has 6 heteroatoms. The number of carbonyl (C=O) groups excluding carboxylic acids is 2. The molecule has 2 aromatic carbocycles. The molecule has 1 N–H and O–H groups in total. The molecule has 3 rings (SSSR count). The van der Waals surface area contributed by atoms with Gasteiger partial charge in [0.15, 0.2) is 11.6 Å². The first-order chi connectivity index (χ1) is 10.8. The van der Waals surface area contributed by atoms with Gasteiger partial charge in [-0.05, 0) is 30.5 Å². The van der Waals surface area contributed by atoms with Gasteiger partial charge in [0, 0.05) is 22.3 Å². The van der Waals surface area contributed by atoms with Crippen LogP contribution in [0.1, 0.15) is 49.9 Å². The molecule has 0 heterocycles. The summed E-state index contributed by atoms with van der Waals surface area (Å²) in [6.45, 7) is 3.24. The largest absolute Gasteiger partial charge is 0.294 e. The summed E-state index contributed by atoms with van der Waals surface area (Å²) in [6.07, 6.45) is 0.207. The van der Waals surface area contributed by atoms with Crippen LogP contribution in [-0.2, 0) is 16.5 Å². The van der Waals surface area contributed by atoms with Crippen molar-refractivity contribution in [3.63, 3.8) is 0 Å². The lowest BCUT2D eigenvalue weighted by atomic mass is 9.79. The fourth-order valence-electron chi connectivity index (χ4n) is 3.10. The van der Waals surface area contributed by atoms with Crippen LogP contribution < -0.4 is 0 Å². The van der Waals surface area contributed by atoms with Gasteiger partial charge in [-0.15, -0.1) is 0 Å². The van der Waals surface area contributed by atoms with Crippen molar-refractivity contribution in [1.29, 1.82) is 0 Å². The van der Waals surface area contributed by atoms with Crippen LogP contribution in [0, 0.1) is 6.92 Å². The van der Waals surface area contributed by atoms with E-state index in [0.717, 1.165) is 0 Å². The predicted octanol–water partition coefficient (Wildman–Crippen LogP) is 2.58. The number of fused-ring (bicyclic) bond motifs is 2. The molecule has 0 spiro atoms. The minimum Gasteiger partial charge on any atom is -0.289 e. The van der Waals surface area contributed by atoms with Crippen LogP contribution in [0.5, 0.6) is 0 Å². The van der Waals surface area contributed by atoms with Crippen LogP contribution in [0.2, 0.25) is 0 Å². The van der Waals surface area contributed by atoms with Crippen molar-refractivity contribution in [3.05, 3.63) is 63.7 Å². The molecule has 1 aliphatic carbocycles. The fourth-order valence-corrected chi connectivity index (χ4v) is 3.98. The number of ketones is 2. The van der Waals surface area contributed by atoms with Crippen molar-refractivity contribution in [3.8, 4) is 0 Å². The van der Waals surface area contributed by atoms with Crippen molar-refractivity contribution in [2.24, 2.45) is 0 Å². The summed E-state index contributed by atoms with van der Waals surface area (Å²) >= 11 is 0. The maximum Gasteiger partial charge on any atom is 0.294 e. The van der Waals surface area contributed by atoms with E-state index in [4.69, 9.17) is 0 Å². The Kier molecular flexibility index (Phi) is 3.46. The van der Waals surface area contributed by atoms with Gasteiger partial charge in [0.05, 0.1) is 4.90 Å². The zero-order valence-electron chi connectivity index (χ0n) is 12.6. The summed E-state index contributed by atoms with van der Waals surface area (Å²) in [5, 5.41) is 0. The first kappa shape index (κ1) is 15.6. The summed E-state index contributed by atoms with van der Waals surface area (Å²) in [5.74, 6) is -0.690. The Balaban J connectivity index is 2.46. The van der Waals surface area contributed by atoms with E-state index in [2.05, 4.69) is 0 Å². The third-order valence-electron chi connectivity index (χ3n) is 4.09. The SMILES string of the molecule is CCc1c(S(=O)(=O)O)cc(C)c2c1C(=O)c1ccccc1C2=O. The molecule has 0 aliphatic heterocycles. The van der Waals surface area contributed by atoms with Crippen LogP contribution >= 0.6 is 0 Å². The minimum absolute atomic E-state index is 0.0869. The first-order valence-electron chi connectivity index (χ1n) is 7.09. The Morgan fingerprint density at radius 1 is 1.00 bits per heavy atom. The molecule has 118 valence electrons. The second-order valence-electron chi connectivity index (χ2n) is 5.45. The molecule has 0 radical (unpaired) electrons. The quantitative estimate of drug-likeness (QED) is 0.730. The smallest absolute Gasteiger partial charge is 0.289 e. The molecule has 0 bridgehead atoms. The highest BCUT2D eigenvalue weighted by atomic mass is 32.2. The molecule has 0 aromatic heterocycles. The maximum absolute atomic E-state index is 12.8. The number of rotatable bonds is 2. The number of benzene rings is 2. The molecule has 0 fully saturated rings. The van der Waals surface area contributed by atoms with Crippen molar-refractivity contribution in [1.82, 2.24) is 0 Å². The minimum atomic E-state index is -4.48. The van der Waals surface area contributed by atoms with Crippen molar-refractivity contribution < 1.29 is 22.6 Å². The molecule has 0 saturated carbocycles. The molecule has 23 heavy (non-hydrogen) atoms. The van der Waals surface area contributed by atoms with E-state index in [1.54, 1.807) is 38.1 Å². The van der Waals surface area contributed by atoms with Gasteiger partial charge in [-0.3, -0.25) is 14.1 Å². The fraction of sp³-hybridized carbons (Fsp3) is 0.176. The molecule has 0 unspecified atom stereocenters. The second-order valence-corrected chi connectivity index (χ2v) is 6.84. The molecule has 0 amide bonds. The summed E-state index contributed by atoms with van der Waals surface area (Å²) in [6, 6.07) is 7.72. The van der Waals surface area contributed by atoms with E-state index >= 15 is 0 Å². The Hall–Kier alpha value is -2.31. The maximum atomic E-state index is 12.8. The lowest BCUT2D eigenvalue weighted by Crippen LogP contribution is -2.25. The van der Waals surface area contributed by atoms with Gasteiger partial charge >= 0.3 is 0 Å². The van der Waals surface area contributed by atoms with Gasteiger partial charge in [0.25, 0.3) is 10.1 Å². The van der Waals surface area contributed by atoms with Crippen molar-refractivity contribution in [2.45, 2.75) is 25.2 Å². The third kappa shape index (κ3) is 2.22. The van der Waals surface area contributed by atoms with Gasteiger partial charge in [-0.1, -0.05) is 31.2 Å². The van der Waals surface area contributed by atoms with Crippen LogP contribution in [-0.4, -0.2) is 24.5 Å². The van der Waals surface area contributed by atoms with Crippen LogP contribution in [0.3, 0.4) is 0 Å². The number of aryl methyl sites for hydroxylation is 1. The molecule has 0 atom stereocenters. The van der Waals surface area contributed by atoms with E-state index in [1.807, 2.05) is 0 Å². The Morgan fingerprint density at radius 2 is 1.52 bits per heavy atom. The molecule has 2 aromatic rings. The lowest BCUT2D eigenvalue weighted by molar-refractivity contribution is 0.0977. The normalized spacial score (nSPS) is 13.7. The Labute approximate surface area is 133 Å². The second kappa shape index (κ2) is 5.11. The first-order valence-corrected chi connectivity index (χ1v) is 8.53. The van der Waals surface area contributed by atoms with Gasteiger partial charge < -0.3 is 0 Å². The average Bonchev–Trinajstić information content (AvgIpc) is 2.50. The Morgan fingerprint density at radius 3 is 2.00 bits per heavy atom. The van der Waals surface area contributed by atoms with Gasteiger partial charge in [0.2, 0.25) is 0 Å². The number of carbonyl (C=O) groups is 2. The monoisotopic (exact) mass is 330 g/mol.